The van der Waals surface area contributed by atoms with E-state index in [9.17, 15) is 4.79 Å². The number of carbonyl (C=O) groups is 1. The molecule has 3 saturated heterocycles. The fourth-order valence-electron chi connectivity index (χ4n) is 3.92. The first-order valence-electron chi connectivity index (χ1n) is 7.44. The van der Waals surface area contributed by atoms with Gasteiger partial charge in [0.15, 0.2) is 0 Å². The Balaban J connectivity index is 1.69. The number of amides is 1. The van der Waals surface area contributed by atoms with Crippen LogP contribution in [0.5, 0.6) is 0 Å². The minimum absolute atomic E-state index is 0.153. The molecule has 3 aliphatic heterocycles. The number of nitrogens with one attached hydrogen (secondary N) is 1. The van der Waals surface area contributed by atoms with Crippen LogP contribution in [-0.2, 0) is 9.53 Å². The van der Waals surface area contributed by atoms with Crippen molar-refractivity contribution in [3.63, 3.8) is 0 Å². The van der Waals surface area contributed by atoms with Crippen LogP contribution in [0.2, 0.25) is 0 Å². The van der Waals surface area contributed by atoms with Crippen LogP contribution in [0.1, 0.15) is 32.6 Å². The average molecular weight is 252 g/mol. The van der Waals surface area contributed by atoms with Gasteiger partial charge in [0.25, 0.3) is 5.91 Å². The van der Waals surface area contributed by atoms with E-state index < -0.39 is 0 Å². The Morgan fingerprint density at radius 2 is 2.28 bits per heavy atom. The van der Waals surface area contributed by atoms with Gasteiger partial charge in [0.1, 0.15) is 6.10 Å². The van der Waals surface area contributed by atoms with E-state index in [4.69, 9.17) is 4.74 Å². The lowest BCUT2D eigenvalue weighted by Crippen LogP contribution is -2.46. The molecular weight excluding hydrogens is 228 g/mol. The maximum absolute atomic E-state index is 12.6. The van der Waals surface area contributed by atoms with Crippen molar-refractivity contribution in [2.24, 2.45) is 11.8 Å². The molecule has 1 N–H and O–H groups in total. The van der Waals surface area contributed by atoms with Crippen LogP contribution in [-0.4, -0.2) is 49.2 Å². The topological polar surface area (TPSA) is 41.6 Å². The summed E-state index contributed by atoms with van der Waals surface area (Å²) < 4.78 is 5.66. The first-order valence-corrected chi connectivity index (χ1v) is 7.44. The highest BCUT2D eigenvalue weighted by Crippen LogP contribution is 2.35. The minimum atomic E-state index is -0.153. The van der Waals surface area contributed by atoms with Crippen molar-refractivity contribution in [1.82, 2.24) is 10.2 Å². The highest BCUT2D eigenvalue weighted by Gasteiger charge is 2.46. The van der Waals surface area contributed by atoms with E-state index in [1.165, 1.54) is 0 Å². The third kappa shape index (κ3) is 2.05. The maximum Gasteiger partial charge on any atom is 0.251 e. The lowest BCUT2D eigenvalue weighted by atomic mass is 9.93. The molecule has 4 nitrogen and oxygen atoms in total. The van der Waals surface area contributed by atoms with Crippen LogP contribution < -0.4 is 5.32 Å². The van der Waals surface area contributed by atoms with Crippen molar-refractivity contribution >= 4 is 5.91 Å². The summed E-state index contributed by atoms with van der Waals surface area (Å²) in [5, 5.41) is 3.46. The van der Waals surface area contributed by atoms with Crippen LogP contribution in [0.4, 0.5) is 0 Å². The van der Waals surface area contributed by atoms with Gasteiger partial charge in [0.05, 0.1) is 0 Å². The Bertz CT molecular complexity index is 315. The van der Waals surface area contributed by atoms with Gasteiger partial charge in [-0.25, -0.2) is 0 Å². The molecule has 1 amide bonds. The van der Waals surface area contributed by atoms with Gasteiger partial charge in [-0.2, -0.15) is 0 Å². The molecule has 0 aliphatic carbocycles. The second kappa shape index (κ2) is 5.17. The van der Waals surface area contributed by atoms with Crippen LogP contribution in [0.3, 0.4) is 0 Å². The lowest BCUT2D eigenvalue weighted by molar-refractivity contribution is -0.147. The number of likely N-dealkylation sites (tertiary alicyclic amines) is 1. The van der Waals surface area contributed by atoms with E-state index in [0.717, 1.165) is 51.9 Å². The van der Waals surface area contributed by atoms with Gasteiger partial charge in [-0.3, -0.25) is 4.79 Å². The van der Waals surface area contributed by atoms with E-state index in [0.29, 0.717) is 17.9 Å². The van der Waals surface area contributed by atoms with Gasteiger partial charge in [-0.1, -0.05) is 6.92 Å². The Kier molecular flexibility index (Phi) is 3.57. The summed E-state index contributed by atoms with van der Waals surface area (Å²) in [4.78, 5) is 14.7. The quantitative estimate of drug-likeness (QED) is 0.797. The van der Waals surface area contributed by atoms with Gasteiger partial charge in [-0.15, -0.1) is 0 Å². The third-order valence-corrected chi connectivity index (χ3v) is 4.87. The Morgan fingerprint density at radius 1 is 1.39 bits per heavy atom. The monoisotopic (exact) mass is 252 g/mol. The highest BCUT2D eigenvalue weighted by atomic mass is 16.5. The summed E-state index contributed by atoms with van der Waals surface area (Å²) >= 11 is 0. The summed E-state index contributed by atoms with van der Waals surface area (Å²) in [6.45, 7) is 6.06. The van der Waals surface area contributed by atoms with Gasteiger partial charge in [0.2, 0.25) is 0 Å². The molecule has 0 bridgehead atoms. The zero-order valence-corrected chi connectivity index (χ0v) is 11.2. The summed E-state index contributed by atoms with van der Waals surface area (Å²) in [7, 11) is 0. The zero-order valence-electron chi connectivity index (χ0n) is 11.2. The molecule has 3 fully saturated rings. The molecule has 18 heavy (non-hydrogen) atoms. The summed E-state index contributed by atoms with van der Waals surface area (Å²) in [6.07, 6.45) is 4.08. The van der Waals surface area contributed by atoms with Gasteiger partial charge < -0.3 is 15.0 Å². The van der Waals surface area contributed by atoms with Crippen molar-refractivity contribution in [1.29, 1.82) is 0 Å². The standard InChI is InChI=1S/C14H24N2O2/c1-2-12-11-8-15-7-10(11)9-16(12)14(17)13-5-3-4-6-18-13/h10-13,15H,2-9H2,1H3. The van der Waals surface area contributed by atoms with Crippen LogP contribution in [0, 0.1) is 11.8 Å². The predicted molar refractivity (Wildman–Crippen MR) is 69.2 cm³/mol. The van der Waals surface area contributed by atoms with E-state index in [1.807, 2.05) is 0 Å². The van der Waals surface area contributed by atoms with E-state index >= 15 is 0 Å². The summed E-state index contributed by atoms with van der Waals surface area (Å²) in [5.74, 6) is 1.60. The Hall–Kier alpha value is -0.610. The molecule has 102 valence electrons. The molecule has 0 aromatic carbocycles. The average Bonchev–Trinajstić information content (AvgIpc) is 2.98. The molecule has 4 heteroatoms. The SMILES string of the molecule is CCC1C2CNCC2CN1C(=O)C1CCCCO1. The van der Waals surface area contributed by atoms with Crippen molar-refractivity contribution in [2.75, 3.05) is 26.2 Å². The number of hydrogen-bond acceptors (Lipinski definition) is 3. The second-order valence-corrected chi connectivity index (χ2v) is 5.90. The van der Waals surface area contributed by atoms with E-state index in [2.05, 4.69) is 17.1 Å². The van der Waals surface area contributed by atoms with Crippen molar-refractivity contribution in [2.45, 2.75) is 44.8 Å². The maximum atomic E-state index is 12.6. The zero-order chi connectivity index (χ0) is 12.5. The molecule has 3 heterocycles. The fourth-order valence-corrected chi connectivity index (χ4v) is 3.92. The second-order valence-electron chi connectivity index (χ2n) is 5.90. The molecule has 0 radical (unpaired) electrons. The number of nitrogens with zero attached hydrogens (tertiary/aromatic N) is 1. The molecule has 0 aromatic heterocycles. The molecule has 0 spiro atoms. The molecular formula is C14H24N2O2. The van der Waals surface area contributed by atoms with Gasteiger partial charge >= 0.3 is 0 Å². The van der Waals surface area contributed by atoms with Gasteiger partial charge in [0, 0.05) is 32.3 Å². The van der Waals surface area contributed by atoms with Crippen LogP contribution >= 0.6 is 0 Å². The number of ether oxygens (including phenoxy) is 1. The third-order valence-electron chi connectivity index (χ3n) is 4.87. The van der Waals surface area contributed by atoms with Crippen LogP contribution in [0.15, 0.2) is 0 Å². The molecule has 0 saturated carbocycles. The first kappa shape index (κ1) is 12.4. The predicted octanol–water partition coefficient (Wildman–Crippen LogP) is 1.01. The smallest absolute Gasteiger partial charge is 0.251 e. The van der Waals surface area contributed by atoms with Gasteiger partial charge in [-0.05, 0) is 37.5 Å². The largest absolute Gasteiger partial charge is 0.368 e. The van der Waals surface area contributed by atoms with E-state index in [1.54, 1.807) is 0 Å². The Morgan fingerprint density at radius 3 is 3.00 bits per heavy atom. The number of hydrogen-bond donors (Lipinski definition) is 1. The van der Waals surface area contributed by atoms with Crippen molar-refractivity contribution in [3.05, 3.63) is 0 Å². The number of fused-ring (bicyclic) bond motifs is 1. The molecule has 4 atom stereocenters. The lowest BCUT2D eigenvalue weighted by Gasteiger charge is -2.32. The molecule has 0 aromatic rings. The Labute approximate surface area is 109 Å². The van der Waals surface area contributed by atoms with Crippen LogP contribution in [0.25, 0.3) is 0 Å². The molecule has 3 rings (SSSR count). The normalized spacial score (nSPS) is 39.9. The fraction of sp³-hybridized carbons (Fsp3) is 0.929. The number of carbonyl (C=O) groups excluding carboxylic acids is 1. The molecule has 3 aliphatic rings. The number of rotatable bonds is 2. The first-order chi connectivity index (χ1) is 8.81. The minimum Gasteiger partial charge on any atom is -0.368 e. The van der Waals surface area contributed by atoms with Crippen molar-refractivity contribution in [3.8, 4) is 0 Å². The van der Waals surface area contributed by atoms with Crippen molar-refractivity contribution < 1.29 is 9.53 Å². The summed E-state index contributed by atoms with van der Waals surface area (Å²) in [6, 6.07) is 0.433. The summed E-state index contributed by atoms with van der Waals surface area (Å²) in [5.41, 5.74) is 0. The molecule has 4 unspecified atom stereocenters. The highest BCUT2D eigenvalue weighted by molar-refractivity contribution is 5.81. The van der Waals surface area contributed by atoms with E-state index in [-0.39, 0.29) is 12.0 Å².